The molecule has 5 nitrogen and oxygen atoms in total. The van der Waals surface area contributed by atoms with Gasteiger partial charge in [0.15, 0.2) is 0 Å². The van der Waals surface area contributed by atoms with Crippen LogP contribution < -0.4 is 9.64 Å². The topological polar surface area (TPSA) is 43.2 Å². The predicted octanol–water partition coefficient (Wildman–Crippen LogP) is 2.94. The molecule has 0 spiro atoms. The summed E-state index contributed by atoms with van der Waals surface area (Å²) in [6, 6.07) is 8.09. The summed E-state index contributed by atoms with van der Waals surface area (Å²) in [5, 5.41) is 7.98. The minimum absolute atomic E-state index is 0.623. The number of methoxy groups -OCH3 is 1. The first kappa shape index (κ1) is 17.7. The fourth-order valence-corrected chi connectivity index (χ4v) is 3.14. The second-order valence-electron chi connectivity index (χ2n) is 7.00. The van der Waals surface area contributed by atoms with E-state index in [1.807, 2.05) is 16.8 Å². The Morgan fingerprint density at radius 2 is 1.80 bits per heavy atom. The molecule has 0 amide bonds. The van der Waals surface area contributed by atoms with Crippen molar-refractivity contribution in [1.29, 1.82) is 0 Å². The number of anilines is 1. The van der Waals surface area contributed by atoms with Gasteiger partial charge in [0.2, 0.25) is 11.8 Å². The summed E-state index contributed by atoms with van der Waals surface area (Å²) in [6.45, 7) is 2.77. The van der Waals surface area contributed by atoms with Gasteiger partial charge < -0.3 is 9.64 Å². The number of rotatable bonds is 4. The number of aromatic nitrogens is 3. The van der Waals surface area contributed by atoms with Crippen LogP contribution in [0.15, 0.2) is 24.3 Å². The monoisotopic (exact) mass is 358 g/mol. The van der Waals surface area contributed by atoms with E-state index < -0.39 is 10.0 Å². The summed E-state index contributed by atoms with van der Waals surface area (Å²) in [5.41, 5.74) is 1.17. The third-order valence-electron chi connectivity index (χ3n) is 4.00. The van der Waals surface area contributed by atoms with Gasteiger partial charge in [-0.2, -0.15) is 15.0 Å². The third kappa shape index (κ3) is 4.70. The fraction of sp³-hybridized carbons (Fsp3) is 0.474. The minimum Gasteiger partial charge on any atom is -0.497 e. The van der Waals surface area contributed by atoms with Crippen molar-refractivity contribution in [2.75, 3.05) is 43.9 Å². The lowest BCUT2D eigenvalue weighted by molar-refractivity contribution is 0.414. The molecule has 6 heteroatoms. The summed E-state index contributed by atoms with van der Waals surface area (Å²) < 4.78 is 7.21. The van der Waals surface area contributed by atoms with E-state index in [-0.39, 0.29) is 0 Å². The van der Waals surface area contributed by atoms with Gasteiger partial charge in [-0.05, 0) is 60.5 Å². The molecule has 0 atom stereocenters. The lowest BCUT2D eigenvalue weighted by Crippen LogP contribution is -2.22. The predicted molar refractivity (Wildman–Crippen MR) is 106 cm³/mol. The molecule has 1 fully saturated rings. The number of benzene rings is 1. The first-order valence-electron chi connectivity index (χ1n) is 8.48. The van der Waals surface area contributed by atoms with Crippen molar-refractivity contribution in [2.45, 2.75) is 19.4 Å². The quantitative estimate of drug-likeness (QED) is 0.788. The van der Waals surface area contributed by atoms with E-state index >= 15 is 0 Å². The summed E-state index contributed by atoms with van der Waals surface area (Å²) in [4.78, 5) is 7.03. The average molecular weight is 359 g/mol. The van der Waals surface area contributed by atoms with Crippen molar-refractivity contribution in [1.82, 2.24) is 14.8 Å². The van der Waals surface area contributed by atoms with E-state index in [0.717, 1.165) is 24.8 Å². The molecule has 1 aromatic carbocycles. The summed E-state index contributed by atoms with van der Waals surface area (Å²) in [5.74, 6) is 5.59. The Kier molecular flexibility index (Phi) is 5.24. The Morgan fingerprint density at radius 1 is 1.12 bits per heavy atom. The van der Waals surface area contributed by atoms with Crippen LogP contribution in [0.4, 0.5) is 5.95 Å². The molecular formula is C19H26N4OS. The largest absolute Gasteiger partial charge is 0.497 e. The molecule has 2 aromatic rings. The van der Waals surface area contributed by atoms with Gasteiger partial charge in [-0.1, -0.05) is 12.1 Å². The van der Waals surface area contributed by atoms with Crippen LogP contribution in [0.2, 0.25) is 0 Å². The molecule has 0 radical (unpaired) electrons. The molecule has 0 saturated carbocycles. The number of ether oxygens (including phenoxy) is 1. The summed E-state index contributed by atoms with van der Waals surface area (Å²) in [7, 11) is 0.791. The second-order valence-corrected chi connectivity index (χ2v) is 10.9. The van der Waals surface area contributed by atoms with Crippen molar-refractivity contribution < 1.29 is 4.74 Å². The molecular weight excluding hydrogens is 332 g/mol. The second kappa shape index (κ2) is 7.40. The molecule has 1 aliphatic heterocycles. The van der Waals surface area contributed by atoms with Gasteiger partial charge in [0.05, 0.1) is 13.7 Å². The molecule has 0 N–H and O–H groups in total. The maximum Gasteiger partial charge on any atom is 0.228 e. The van der Waals surface area contributed by atoms with Crippen LogP contribution in [0.1, 0.15) is 24.2 Å². The SMILES string of the molecule is COc1ccc(Cn2nc(C#CS(C)(C)C)nc2N2CCCC2)cc1. The molecule has 134 valence electrons. The van der Waals surface area contributed by atoms with Gasteiger partial charge >= 0.3 is 0 Å². The van der Waals surface area contributed by atoms with Crippen LogP contribution in [-0.4, -0.2) is 53.7 Å². The van der Waals surface area contributed by atoms with E-state index in [9.17, 15) is 0 Å². The fourth-order valence-electron chi connectivity index (χ4n) is 2.75. The maximum absolute atomic E-state index is 5.23. The molecule has 1 saturated heterocycles. The van der Waals surface area contributed by atoms with E-state index in [0.29, 0.717) is 12.4 Å². The van der Waals surface area contributed by atoms with Gasteiger partial charge in [0.25, 0.3) is 0 Å². The van der Waals surface area contributed by atoms with E-state index in [4.69, 9.17) is 9.72 Å². The van der Waals surface area contributed by atoms with Crippen LogP contribution in [0.5, 0.6) is 5.75 Å². The van der Waals surface area contributed by atoms with Crippen molar-refractivity contribution >= 4 is 16.0 Å². The number of hydrogen-bond acceptors (Lipinski definition) is 4. The highest BCUT2D eigenvalue weighted by atomic mass is 32.3. The van der Waals surface area contributed by atoms with Crippen molar-refractivity contribution in [3.05, 3.63) is 35.7 Å². The van der Waals surface area contributed by atoms with Gasteiger partial charge in [0, 0.05) is 13.1 Å². The highest BCUT2D eigenvalue weighted by Crippen LogP contribution is 2.32. The van der Waals surface area contributed by atoms with Gasteiger partial charge in [-0.25, -0.2) is 4.68 Å². The lowest BCUT2D eigenvalue weighted by Gasteiger charge is -2.16. The zero-order chi connectivity index (χ0) is 17.9. The maximum atomic E-state index is 5.23. The molecule has 0 unspecified atom stereocenters. The third-order valence-corrected chi connectivity index (χ3v) is 4.72. The molecule has 0 aliphatic carbocycles. The molecule has 25 heavy (non-hydrogen) atoms. The summed E-state index contributed by atoms with van der Waals surface area (Å²) >= 11 is 0. The molecule has 1 aromatic heterocycles. The standard InChI is InChI=1S/C19H26N4OS/c1-24-17-9-7-16(8-10-17)15-23-19(22-12-5-6-13-22)20-18(21-23)11-14-25(2,3)4/h7-10H,5-6,12-13,15H2,1-4H3. The van der Waals surface area contributed by atoms with E-state index in [1.54, 1.807) is 7.11 Å². The Hall–Kier alpha value is -2.13. The minimum atomic E-state index is -0.889. The van der Waals surface area contributed by atoms with Crippen molar-refractivity contribution in [2.24, 2.45) is 0 Å². The van der Waals surface area contributed by atoms with Crippen LogP contribution in [-0.2, 0) is 6.54 Å². The van der Waals surface area contributed by atoms with Crippen molar-refractivity contribution in [3.8, 4) is 16.9 Å². The molecule has 0 bridgehead atoms. The van der Waals surface area contributed by atoms with E-state index in [1.165, 1.54) is 18.4 Å². The first-order chi connectivity index (χ1) is 11.9. The Morgan fingerprint density at radius 3 is 2.40 bits per heavy atom. The Bertz CT molecular complexity index is 774. The first-order valence-corrected chi connectivity index (χ1v) is 11.3. The molecule has 1 aliphatic rings. The smallest absolute Gasteiger partial charge is 0.228 e. The van der Waals surface area contributed by atoms with E-state index in [2.05, 4.69) is 52.1 Å². The Labute approximate surface area is 151 Å². The molecule has 3 rings (SSSR count). The van der Waals surface area contributed by atoms with Gasteiger partial charge in [-0.3, -0.25) is 0 Å². The normalized spacial score (nSPS) is 15.0. The van der Waals surface area contributed by atoms with Gasteiger partial charge in [-0.15, -0.1) is 5.10 Å². The lowest BCUT2D eigenvalue weighted by atomic mass is 10.2. The summed E-state index contributed by atoms with van der Waals surface area (Å²) in [6.07, 6.45) is 8.95. The highest BCUT2D eigenvalue weighted by molar-refractivity contribution is 8.35. The van der Waals surface area contributed by atoms with Crippen molar-refractivity contribution in [3.63, 3.8) is 0 Å². The average Bonchev–Trinajstić information content (AvgIpc) is 3.22. The highest BCUT2D eigenvalue weighted by Gasteiger charge is 2.20. The van der Waals surface area contributed by atoms with Gasteiger partial charge in [0.1, 0.15) is 5.75 Å². The van der Waals surface area contributed by atoms with Crippen LogP contribution in [0.25, 0.3) is 0 Å². The van der Waals surface area contributed by atoms with Crippen LogP contribution in [0.3, 0.4) is 0 Å². The molecule has 2 heterocycles. The zero-order valence-corrected chi connectivity index (χ0v) is 16.3. The van der Waals surface area contributed by atoms with Crippen LogP contribution in [0, 0.1) is 11.2 Å². The zero-order valence-electron chi connectivity index (χ0n) is 15.5. The number of hydrogen-bond donors (Lipinski definition) is 0. The Balaban J connectivity index is 1.88. The van der Waals surface area contributed by atoms with Crippen LogP contribution >= 0.6 is 10.0 Å². The number of nitrogens with zero attached hydrogens (tertiary/aromatic N) is 4.